The summed E-state index contributed by atoms with van der Waals surface area (Å²) in [5.74, 6) is 3.59. The number of fused-ring (bicyclic) bond motifs is 5. The van der Waals surface area contributed by atoms with Crippen LogP contribution >= 0.6 is 0 Å². The molecule has 0 unspecified atom stereocenters. The molecule has 0 fully saturated rings. The van der Waals surface area contributed by atoms with Gasteiger partial charge in [-0.2, -0.15) is 12.1 Å². The predicted molar refractivity (Wildman–Crippen MR) is 196 cm³/mol. The molecular formula is C42H31N6OPt-3. The maximum Gasteiger partial charge on any atom is 0.135 e. The second-order valence-electron chi connectivity index (χ2n) is 13.2. The molecule has 1 aliphatic heterocycles. The van der Waals surface area contributed by atoms with Crippen molar-refractivity contribution in [1.82, 2.24) is 19.5 Å². The normalized spacial score (nSPS) is 12.8. The fourth-order valence-electron chi connectivity index (χ4n) is 6.49. The van der Waals surface area contributed by atoms with E-state index in [-0.39, 0.29) is 26.5 Å². The van der Waals surface area contributed by atoms with E-state index in [1.165, 1.54) is 5.56 Å². The first-order valence-electron chi connectivity index (χ1n) is 16.3. The molecule has 4 aromatic carbocycles. The molecule has 248 valence electrons. The third-order valence-electron chi connectivity index (χ3n) is 8.98. The SMILES string of the molecule is CC(C)(C)c1ccnc(-n2c3[c-]c(Oc4[c-]c(N5[CH-]N(c6cc7ccccc7cn6)c6ncccc65)ccc4)ccc3c3ccccc32)c1.[Pt]. The zero-order chi connectivity index (χ0) is 33.1. The number of anilines is 4. The Morgan fingerprint density at radius 3 is 2.36 bits per heavy atom. The molecule has 7 nitrogen and oxygen atoms in total. The quantitative estimate of drug-likeness (QED) is 0.161. The van der Waals surface area contributed by atoms with Crippen LogP contribution in [-0.2, 0) is 26.5 Å². The van der Waals surface area contributed by atoms with Gasteiger partial charge >= 0.3 is 0 Å². The maximum absolute atomic E-state index is 6.47. The molecule has 0 atom stereocenters. The number of hydrogen-bond donors (Lipinski definition) is 0. The van der Waals surface area contributed by atoms with Crippen molar-refractivity contribution < 1.29 is 25.8 Å². The summed E-state index contributed by atoms with van der Waals surface area (Å²) >= 11 is 0. The Hall–Kier alpha value is -5.52. The van der Waals surface area contributed by atoms with Gasteiger partial charge in [-0.25, -0.2) is 15.0 Å². The fraction of sp³-hybridized carbons (Fsp3) is 0.0952. The van der Waals surface area contributed by atoms with Crippen molar-refractivity contribution in [2.75, 3.05) is 9.80 Å². The average Bonchev–Trinajstić information content (AvgIpc) is 3.67. The van der Waals surface area contributed by atoms with Crippen LogP contribution in [0.5, 0.6) is 11.5 Å². The summed E-state index contributed by atoms with van der Waals surface area (Å²) in [6.45, 7) is 8.65. The zero-order valence-electron chi connectivity index (χ0n) is 27.6. The van der Waals surface area contributed by atoms with Gasteiger partial charge in [0.1, 0.15) is 17.5 Å². The Morgan fingerprint density at radius 1 is 0.660 bits per heavy atom. The number of nitrogens with zero attached hydrogens (tertiary/aromatic N) is 6. The first kappa shape index (κ1) is 31.7. The van der Waals surface area contributed by atoms with Crippen LogP contribution in [0.4, 0.5) is 23.0 Å². The van der Waals surface area contributed by atoms with Gasteiger partial charge in [-0.15, -0.1) is 48.1 Å². The Bertz CT molecular complexity index is 2540. The average molecular weight is 831 g/mol. The molecular weight excluding hydrogens is 800 g/mol. The molecule has 5 heterocycles. The molecule has 0 radical (unpaired) electrons. The van der Waals surface area contributed by atoms with E-state index in [4.69, 9.17) is 19.7 Å². The third kappa shape index (κ3) is 5.48. The maximum atomic E-state index is 6.47. The smallest absolute Gasteiger partial charge is 0.135 e. The molecule has 0 N–H and O–H groups in total. The number of pyridine rings is 3. The van der Waals surface area contributed by atoms with E-state index in [2.05, 4.69) is 103 Å². The van der Waals surface area contributed by atoms with Crippen molar-refractivity contribution in [1.29, 1.82) is 0 Å². The third-order valence-corrected chi connectivity index (χ3v) is 8.98. The summed E-state index contributed by atoms with van der Waals surface area (Å²) in [7, 11) is 0. The largest absolute Gasteiger partial charge is 0.509 e. The van der Waals surface area contributed by atoms with Gasteiger partial charge in [-0.1, -0.05) is 68.8 Å². The molecule has 8 aromatic rings. The topological polar surface area (TPSA) is 59.3 Å². The van der Waals surface area contributed by atoms with Gasteiger partial charge in [0.05, 0.1) is 5.69 Å². The van der Waals surface area contributed by atoms with Gasteiger partial charge in [0, 0.05) is 62.1 Å². The van der Waals surface area contributed by atoms with E-state index in [9.17, 15) is 0 Å². The zero-order valence-corrected chi connectivity index (χ0v) is 29.9. The van der Waals surface area contributed by atoms with Crippen LogP contribution in [0.3, 0.4) is 0 Å². The molecule has 0 amide bonds. The van der Waals surface area contributed by atoms with Gasteiger partial charge in [-0.3, -0.25) is 0 Å². The molecule has 0 aliphatic carbocycles. The van der Waals surface area contributed by atoms with Gasteiger partial charge in [0.2, 0.25) is 0 Å². The second-order valence-corrected chi connectivity index (χ2v) is 13.2. The van der Waals surface area contributed by atoms with Crippen molar-refractivity contribution >= 4 is 55.6 Å². The van der Waals surface area contributed by atoms with Crippen molar-refractivity contribution in [3.8, 4) is 17.3 Å². The second kappa shape index (κ2) is 12.4. The van der Waals surface area contributed by atoms with E-state index in [1.54, 1.807) is 6.20 Å². The molecule has 4 aromatic heterocycles. The Morgan fingerprint density at radius 2 is 1.48 bits per heavy atom. The van der Waals surface area contributed by atoms with Crippen LogP contribution in [0.2, 0.25) is 0 Å². The first-order valence-corrected chi connectivity index (χ1v) is 16.3. The van der Waals surface area contributed by atoms with Crippen LogP contribution in [-0.4, -0.2) is 19.5 Å². The van der Waals surface area contributed by atoms with Gasteiger partial charge in [0.15, 0.2) is 0 Å². The van der Waals surface area contributed by atoms with Crippen molar-refractivity contribution in [2.45, 2.75) is 26.2 Å². The van der Waals surface area contributed by atoms with E-state index < -0.39 is 0 Å². The van der Waals surface area contributed by atoms with Crippen molar-refractivity contribution in [2.24, 2.45) is 0 Å². The summed E-state index contributed by atoms with van der Waals surface area (Å²) in [5.41, 5.74) is 4.91. The van der Waals surface area contributed by atoms with Crippen LogP contribution in [0.15, 0.2) is 128 Å². The summed E-state index contributed by atoms with van der Waals surface area (Å²) in [6, 6.07) is 43.9. The minimum atomic E-state index is -0.0123. The predicted octanol–water partition coefficient (Wildman–Crippen LogP) is 10.2. The summed E-state index contributed by atoms with van der Waals surface area (Å²) in [5, 5.41) is 4.43. The van der Waals surface area contributed by atoms with Crippen LogP contribution in [0.25, 0.3) is 38.4 Å². The molecule has 1 aliphatic rings. The van der Waals surface area contributed by atoms with Gasteiger partial charge in [0.25, 0.3) is 0 Å². The Balaban J connectivity index is 0.00000361. The van der Waals surface area contributed by atoms with E-state index in [1.807, 2.05) is 72.5 Å². The van der Waals surface area contributed by atoms with Crippen LogP contribution in [0, 0.1) is 18.8 Å². The summed E-state index contributed by atoms with van der Waals surface area (Å²) in [6.07, 6.45) is 5.58. The van der Waals surface area contributed by atoms with E-state index >= 15 is 0 Å². The summed E-state index contributed by atoms with van der Waals surface area (Å²) < 4.78 is 8.64. The fourth-order valence-corrected chi connectivity index (χ4v) is 6.49. The molecule has 0 saturated carbocycles. The molecule has 0 saturated heterocycles. The number of benzene rings is 4. The van der Waals surface area contributed by atoms with Gasteiger partial charge in [-0.05, 0) is 58.1 Å². The monoisotopic (exact) mass is 830 g/mol. The number of hydrogen-bond acceptors (Lipinski definition) is 6. The molecule has 8 heteroatoms. The number of ether oxygens (including phenoxy) is 1. The minimum Gasteiger partial charge on any atom is -0.509 e. The standard InChI is InChI=1S/C42H31N6O.Pt/c1-42(2,3)30-19-21-43-40(23-30)48-36-15-7-6-14-34(36)35-18-17-33(25-38(35)48)49-32-13-8-12-31(24-32)46-27-47(41-37(46)16-9-20-44-41)39-22-28-10-4-5-11-29(28)26-45-39;/h4-23,26-27H,1-3H3;/q-3;. The van der Waals surface area contributed by atoms with Crippen molar-refractivity contribution in [3.63, 3.8) is 0 Å². The molecule has 50 heavy (non-hydrogen) atoms. The van der Waals surface area contributed by atoms with Crippen LogP contribution < -0.4 is 14.5 Å². The molecule has 9 rings (SSSR count). The molecule has 0 spiro atoms. The number of rotatable bonds is 5. The molecule has 0 bridgehead atoms. The van der Waals surface area contributed by atoms with Crippen LogP contribution in [0.1, 0.15) is 26.3 Å². The number of aromatic nitrogens is 4. The summed E-state index contributed by atoms with van der Waals surface area (Å²) in [4.78, 5) is 18.3. The van der Waals surface area contributed by atoms with E-state index in [0.717, 1.165) is 61.4 Å². The number of para-hydroxylation sites is 1. The van der Waals surface area contributed by atoms with Crippen molar-refractivity contribution in [3.05, 3.63) is 152 Å². The minimum absolute atomic E-state index is 0. The first-order chi connectivity index (χ1) is 23.9. The Kier molecular flexibility index (Phi) is 7.88. The van der Waals surface area contributed by atoms with Gasteiger partial charge < -0.3 is 19.1 Å². The van der Waals surface area contributed by atoms with E-state index in [0.29, 0.717) is 11.5 Å². The Labute approximate surface area is 305 Å².